The lowest BCUT2D eigenvalue weighted by molar-refractivity contribution is -0.138. The smallest absolute Gasteiger partial charge is 0.320 e. The molecular formula is C19H17NO6. The summed E-state index contributed by atoms with van der Waals surface area (Å²) in [6.45, 7) is 0. The van der Waals surface area contributed by atoms with Crippen LogP contribution in [0, 0.1) is 0 Å². The topological polar surface area (TPSA) is 123 Å². The van der Waals surface area contributed by atoms with Gasteiger partial charge in [0.05, 0.1) is 12.5 Å². The van der Waals surface area contributed by atoms with E-state index in [4.69, 9.17) is 20.0 Å². The fraction of sp³-hybridized carbons (Fsp3) is 0.158. The van der Waals surface area contributed by atoms with Crippen molar-refractivity contribution in [1.82, 2.24) is 0 Å². The third kappa shape index (κ3) is 3.25. The fourth-order valence-corrected chi connectivity index (χ4v) is 2.64. The Morgan fingerprint density at radius 3 is 2.54 bits per heavy atom. The Kier molecular flexibility index (Phi) is 4.64. The second-order valence-electron chi connectivity index (χ2n) is 5.82. The Morgan fingerprint density at radius 2 is 1.92 bits per heavy atom. The molecule has 4 N–H and O–H groups in total. The van der Waals surface area contributed by atoms with Gasteiger partial charge < -0.3 is 25.1 Å². The summed E-state index contributed by atoms with van der Waals surface area (Å²) < 4.78 is 10.8. The van der Waals surface area contributed by atoms with E-state index in [1.54, 1.807) is 36.4 Å². The number of ether oxygens (including phenoxy) is 1. The number of benzene rings is 2. The van der Waals surface area contributed by atoms with Crippen molar-refractivity contribution in [2.24, 2.45) is 5.73 Å². The molecule has 0 radical (unpaired) electrons. The van der Waals surface area contributed by atoms with Crippen molar-refractivity contribution < 1.29 is 24.2 Å². The van der Waals surface area contributed by atoms with Gasteiger partial charge in [0.15, 0.2) is 5.76 Å². The second kappa shape index (κ2) is 6.89. The van der Waals surface area contributed by atoms with Crippen molar-refractivity contribution in [3.8, 4) is 22.8 Å². The van der Waals surface area contributed by atoms with Crippen LogP contribution in [0.15, 0.2) is 51.7 Å². The minimum absolute atomic E-state index is 0.0557. The van der Waals surface area contributed by atoms with Crippen molar-refractivity contribution in [3.05, 3.63) is 58.3 Å². The molecule has 0 saturated carbocycles. The average Bonchev–Trinajstić information content (AvgIpc) is 2.65. The highest BCUT2D eigenvalue weighted by Crippen LogP contribution is 2.31. The van der Waals surface area contributed by atoms with Crippen LogP contribution >= 0.6 is 0 Å². The van der Waals surface area contributed by atoms with E-state index in [9.17, 15) is 14.7 Å². The number of hydrogen-bond acceptors (Lipinski definition) is 6. The van der Waals surface area contributed by atoms with Crippen molar-refractivity contribution in [1.29, 1.82) is 0 Å². The Bertz CT molecular complexity index is 1020. The summed E-state index contributed by atoms with van der Waals surface area (Å²) in [5.41, 5.74) is 6.31. The van der Waals surface area contributed by atoms with Gasteiger partial charge in [0.1, 0.15) is 17.4 Å². The Balaban J connectivity index is 2.07. The number of nitrogens with two attached hydrogens (primary N) is 1. The van der Waals surface area contributed by atoms with Crippen LogP contribution in [0.5, 0.6) is 11.5 Å². The van der Waals surface area contributed by atoms with E-state index in [-0.39, 0.29) is 23.2 Å². The van der Waals surface area contributed by atoms with Gasteiger partial charge in [-0.3, -0.25) is 9.59 Å². The number of aromatic hydroxyl groups is 1. The highest BCUT2D eigenvalue weighted by atomic mass is 16.5. The molecule has 3 aromatic rings. The van der Waals surface area contributed by atoms with E-state index in [2.05, 4.69) is 0 Å². The number of aliphatic carboxylic acids is 1. The van der Waals surface area contributed by atoms with Gasteiger partial charge in [0, 0.05) is 5.56 Å². The van der Waals surface area contributed by atoms with E-state index >= 15 is 0 Å². The second-order valence-corrected chi connectivity index (χ2v) is 5.82. The lowest BCUT2D eigenvalue weighted by atomic mass is 10.0. The number of carboxylic acid groups (broad SMARTS) is 1. The van der Waals surface area contributed by atoms with E-state index in [0.717, 1.165) is 0 Å². The number of fused-ring (bicyclic) bond motifs is 1. The van der Waals surface area contributed by atoms with Gasteiger partial charge >= 0.3 is 5.97 Å². The molecule has 0 saturated heterocycles. The molecular weight excluding hydrogens is 338 g/mol. The van der Waals surface area contributed by atoms with Gasteiger partial charge in [0.25, 0.3) is 0 Å². The highest BCUT2D eigenvalue weighted by molar-refractivity contribution is 5.82. The first-order chi connectivity index (χ1) is 12.4. The zero-order valence-electron chi connectivity index (χ0n) is 13.9. The molecule has 0 aliphatic rings. The molecule has 7 heteroatoms. The number of carboxylic acids is 1. The van der Waals surface area contributed by atoms with Gasteiger partial charge in [-0.2, -0.15) is 0 Å². The van der Waals surface area contributed by atoms with Crippen LogP contribution in [0.3, 0.4) is 0 Å². The van der Waals surface area contributed by atoms with E-state index in [1.807, 2.05) is 0 Å². The summed E-state index contributed by atoms with van der Waals surface area (Å²) in [4.78, 5) is 23.4. The number of hydrogen-bond donors (Lipinski definition) is 3. The van der Waals surface area contributed by atoms with Crippen LogP contribution in [0.2, 0.25) is 0 Å². The lowest BCUT2D eigenvalue weighted by Crippen LogP contribution is -2.32. The van der Waals surface area contributed by atoms with Gasteiger partial charge in [0.2, 0.25) is 11.2 Å². The van der Waals surface area contributed by atoms with Crippen LogP contribution in [-0.2, 0) is 11.2 Å². The van der Waals surface area contributed by atoms with Crippen molar-refractivity contribution in [3.63, 3.8) is 0 Å². The van der Waals surface area contributed by atoms with Crippen molar-refractivity contribution >= 4 is 16.9 Å². The Hall–Kier alpha value is -3.32. The predicted molar refractivity (Wildman–Crippen MR) is 95.5 cm³/mol. The summed E-state index contributed by atoms with van der Waals surface area (Å²) in [6, 6.07) is 10.3. The Morgan fingerprint density at radius 1 is 1.23 bits per heavy atom. The molecule has 2 aromatic carbocycles. The van der Waals surface area contributed by atoms with E-state index < -0.39 is 23.2 Å². The number of methoxy groups -OCH3 is 1. The molecule has 26 heavy (non-hydrogen) atoms. The molecule has 1 heterocycles. The summed E-state index contributed by atoms with van der Waals surface area (Å²) in [5, 5.41) is 19.3. The molecule has 0 unspecified atom stereocenters. The molecule has 7 nitrogen and oxygen atoms in total. The fourth-order valence-electron chi connectivity index (χ4n) is 2.64. The summed E-state index contributed by atoms with van der Waals surface area (Å²) >= 11 is 0. The van der Waals surface area contributed by atoms with Crippen LogP contribution in [-0.4, -0.2) is 29.3 Å². The molecule has 0 bridgehead atoms. The first kappa shape index (κ1) is 17.5. The highest BCUT2D eigenvalue weighted by Gasteiger charge is 2.17. The quantitative estimate of drug-likeness (QED) is 0.640. The van der Waals surface area contributed by atoms with Crippen LogP contribution in [0.1, 0.15) is 5.56 Å². The van der Waals surface area contributed by atoms with Crippen LogP contribution in [0.4, 0.5) is 0 Å². The van der Waals surface area contributed by atoms with Gasteiger partial charge in [-0.1, -0.05) is 6.07 Å². The molecule has 3 rings (SSSR count). The standard InChI is InChI=1S/C19H17NO6/c1-25-12-5-3-11(4-6-12)18-17(22)16(21)13-8-10(2-7-15(13)26-18)9-14(20)19(23)24/h2-8,14,22H,9,20H2,1H3,(H,23,24)/t14-/m0/s1. The third-order valence-corrected chi connectivity index (χ3v) is 4.06. The average molecular weight is 355 g/mol. The molecule has 0 aliphatic heterocycles. The molecule has 0 fully saturated rings. The summed E-state index contributed by atoms with van der Waals surface area (Å²) in [7, 11) is 1.54. The van der Waals surface area contributed by atoms with Crippen molar-refractivity contribution in [2.75, 3.05) is 7.11 Å². The van der Waals surface area contributed by atoms with Gasteiger partial charge in [-0.25, -0.2) is 0 Å². The Labute approximate surface area is 148 Å². The lowest BCUT2D eigenvalue weighted by Gasteiger charge is -2.09. The summed E-state index contributed by atoms with van der Waals surface area (Å²) in [5.74, 6) is -0.951. The van der Waals surface area contributed by atoms with Crippen LogP contribution in [0.25, 0.3) is 22.3 Å². The monoisotopic (exact) mass is 355 g/mol. The van der Waals surface area contributed by atoms with E-state index in [1.165, 1.54) is 13.2 Å². The molecule has 1 aromatic heterocycles. The molecule has 134 valence electrons. The minimum Gasteiger partial charge on any atom is -0.502 e. The first-order valence-electron chi connectivity index (χ1n) is 7.82. The molecule has 1 atom stereocenters. The molecule has 0 amide bonds. The van der Waals surface area contributed by atoms with Crippen molar-refractivity contribution in [2.45, 2.75) is 12.5 Å². The number of carbonyl (C=O) groups is 1. The van der Waals surface area contributed by atoms with Gasteiger partial charge in [-0.05, 0) is 48.4 Å². The zero-order chi connectivity index (χ0) is 18.8. The largest absolute Gasteiger partial charge is 0.502 e. The maximum Gasteiger partial charge on any atom is 0.320 e. The molecule has 0 spiro atoms. The first-order valence-corrected chi connectivity index (χ1v) is 7.82. The summed E-state index contributed by atoms with van der Waals surface area (Å²) in [6.07, 6.45) is 0.0612. The predicted octanol–water partition coefficient (Wildman–Crippen LogP) is 2.13. The maximum atomic E-state index is 12.5. The maximum absolute atomic E-state index is 12.5. The van der Waals surface area contributed by atoms with Gasteiger partial charge in [-0.15, -0.1) is 0 Å². The normalized spacial score (nSPS) is 12.1. The zero-order valence-corrected chi connectivity index (χ0v) is 13.9. The third-order valence-electron chi connectivity index (χ3n) is 4.06. The minimum atomic E-state index is -1.13. The van der Waals surface area contributed by atoms with Crippen LogP contribution < -0.4 is 15.9 Å². The molecule has 0 aliphatic carbocycles. The van der Waals surface area contributed by atoms with E-state index in [0.29, 0.717) is 16.9 Å². The SMILES string of the molecule is COc1ccc(-c2oc3ccc(C[C@H](N)C(=O)O)cc3c(=O)c2O)cc1. The number of rotatable bonds is 5.